The molecular formula is C15H19NOS. The van der Waals surface area contributed by atoms with Gasteiger partial charge in [-0.15, -0.1) is 0 Å². The van der Waals surface area contributed by atoms with Crippen LogP contribution >= 0.6 is 12.2 Å². The summed E-state index contributed by atoms with van der Waals surface area (Å²) in [7, 11) is 1.69. The molecule has 1 aromatic carbocycles. The Morgan fingerprint density at radius 3 is 2.67 bits per heavy atom. The molecule has 1 heterocycles. The first-order valence-electron chi connectivity index (χ1n) is 6.41. The topological polar surface area (TPSA) is 12.5 Å². The summed E-state index contributed by atoms with van der Waals surface area (Å²) in [5.41, 5.74) is 1.07. The van der Waals surface area contributed by atoms with Crippen LogP contribution in [0.15, 0.2) is 30.3 Å². The quantitative estimate of drug-likeness (QED) is 0.610. The number of piperidine rings is 1. The number of nitrogens with zero attached hydrogens (tertiary/aromatic N) is 1. The van der Waals surface area contributed by atoms with Crippen LogP contribution in [0.1, 0.15) is 24.8 Å². The summed E-state index contributed by atoms with van der Waals surface area (Å²) < 4.78 is 5.31. The highest BCUT2D eigenvalue weighted by atomic mass is 32.1. The summed E-state index contributed by atoms with van der Waals surface area (Å²) in [6.45, 7) is 2.18. The van der Waals surface area contributed by atoms with Crippen LogP contribution in [0.25, 0.3) is 6.08 Å². The van der Waals surface area contributed by atoms with E-state index in [0.29, 0.717) is 0 Å². The van der Waals surface area contributed by atoms with E-state index in [0.717, 1.165) is 29.4 Å². The van der Waals surface area contributed by atoms with Gasteiger partial charge in [-0.1, -0.05) is 30.4 Å². The standard InChI is InChI=1S/C15H19NOS/c1-17-14-8-4-3-7-13(14)9-10-15(18)16-11-5-2-6-12-16/h3-4,7-10H,2,5-6,11-12H2,1H3. The first kappa shape index (κ1) is 13.1. The molecule has 2 nitrogen and oxygen atoms in total. The zero-order chi connectivity index (χ0) is 12.8. The van der Waals surface area contributed by atoms with Gasteiger partial charge in [0.25, 0.3) is 0 Å². The van der Waals surface area contributed by atoms with E-state index >= 15 is 0 Å². The third kappa shape index (κ3) is 3.33. The summed E-state index contributed by atoms with van der Waals surface area (Å²) in [5.74, 6) is 0.884. The predicted molar refractivity (Wildman–Crippen MR) is 80.1 cm³/mol. The van der Waals surface area contributed by atoms with Gasteiger partial charge in [-0.2, -0.15) is 0 Å². The lowest BCUT2D eigenvalue weighted by atomic mass is 10.1. The molecule has 0 N–H and O–H groups in total. The summed E-state index contributed by atoms with van der Waals surface area (Å²) in [5, 5.41) is 0. The number of hydrogen-bond acceptors (Lipinski definition) is 2. The van der Waals surface area contributed by atoms with Gasteiger partial charge in [0.05, 0.1) is 7.11 Å². The number of hydrogen-bond donors (Lipinski definition) is 0. The number of methoxy groups -OCH3 is 1. The minimum Gasteiger partial charge on any atom is -0.496 e. The highest BCUT2D eigenvalue weighted by Crippen LogP contribution is 2.19. The third-order valence-electron chi connectivity index (χ3n) is 3.21. The van der Waals surface area contributed by atoms with E-state index in [2.05, 4.69) is 4.90 Å². The molecule has 96 valence electrons. The Kier molecular flexibility index (Phi) is 4.76. The van der Waals surface area contributed by atoms with Crippen LogP contribution in [0.5, 0.6) is 5.75 Å². The molecule has 0 aliphatic carbocycles. The van der Waals surface area contributed by atoms with Gasteiger partial charge in [0.2, 0.25) is 0 Å². The fraction of sp³-hybridized carbons (Fsp3) is 0.400. The Hall–Kier alpha value is -1.35. The molecule has 1 saturated heterocycles. The molecule has 0 aromatic heterocycles. The molecule has 0 amide bonds. The molecule has 0 unspecified atom stereocenters. The average molecular weight is 261 g/mol. The van der Waals surface area contributed by atoms with Crippen molar-refractivity contribution in [2.24, 2.45) is 0 Å². The summed E-state index contributed by atoms with van der Waals surface area (Å²) in [4.78, 5) is 3.21. The van der Waals surface area contributed by atoms with E-state index in [1.54, 1.807) is 7.11 Å². The number of benzene rings is 1. The van der Waals surface area contributed by atoms with Gasteiger partial charge in [0.15, 0.2) is 0 Å². The van der Waals surface area contributed by atoms with Gasteiger partial charge in [-0.25, -0.2) is 0 Å². The van der Waals surface area contributed by atoms with Crippen LogP contribution in [0.3, 0.4) is 0 Å². The maximum absolute atomic E-state index is 5.45. The molecule has 1 aromatic rings. The number of likely N-dealkylation sites (tertiary alicyclic amines) is 1. The van der Waals surface area contributed by atoms with E-state index in [-0.39, 0.29) is 0 Å². The summed E-state index contributed by atoms with van der Waals surface area (Å²) in [6.07, 6.45) is 7.88. The second-order valence-electron chi connectivity index (χ2n) is 4.46. The van der Waals surface area contributed by atoms with Crippen molar-refractivity contribution in [2.75, 3.05) is 20.2 Å². The van der Waals surface area contributed by atoms with Gasteiger partial charge < -0.3 is 9.64 Å². The minimum absolute atomic E-state index is 0.884. The Bertz CT molecular complexity index is 436. The average Bonchev–Trinajstić information content (AvgIpc) is 2.46. The highest BCUT2D eigenvalue weighted by molar-refractivity contribution is 7.80. The fourth-order valence-corrected chi connectivity index (χ4v) is 2.44. The van der Waals surface area contributed by atoms with Crippen LogP contribution in [-0.2, 0) is 0 Å². The molecule has 0 bridgehead atoms. The highest BCUT2D eigenvalue weighted by Gasteiger charge is 2.10. The third-order valence-corrected chi connectivity index (χ3v) is 3.61. The Labute approximate surface area is 114 Å². The Morgan fingerprint density at radius 2 is 1.94 bits per heavy atom. The summed E-state index contributed by atoms with van der Waals surface area (Å²) in [6, 6.07) is 7.98. The van der Waals surface area contributed by atoms with Crippen molar-refractivity contribution in [3.8, 4) is 5.75 Å². The van der Waals surface area contributed by atoms with Gasteiger partial charge in [0.1, 0.15) is 10.7 Å². The maximum Gasteiger partial charge on any atom is 0.126 e. The van der Waals surface area contributed by atoms with Crippen molar-refractivity contribution in [3.63, 3.8) is 0 Å². The van der Waals surface area contributed by atoms with Crippen LogP contribution in [-0.4, -0.2) is 30.1 Å². The van der Waals surface area contributed by atoms with E-state index < -0.39 is 0 Å². The van der Waals surface area contributed by atoms with Crippen molar-refractivity contribution in [3.05, 3.63) is 35.9 Å². The molecule has 2 rings (SSSR count). The number of rotatable bonds is 3. The number of thiocarbonyl (C=S) groups is 1. The number of para-hydroxylation sites is 1. The summed E-state index contributed by atoms with van der Waals surface area (Å²) >= 11 is 5.45. The van der Waals surface area contributed by atoms with Crippen LogP contribution in [0, 0.1) is 0 Å². The molecule has 1 aliphatic heterocycles. The lowest BCUT2D eigenvalue weighted by molar-refractivity contribution is 0.348. The van der Waals surface area contributed by atoms with E-state index in [4.69, 9.17) is 17.0 Å². The molecule has 0 saturated carbocycles. The first-order chi connectivity index (χ1) is 8.81. The molecule has 0 radical (unpaired) electrons. The molecule has 0 atom stereocenters. The number of ether oxygens (including phenoxy) is 1. The molecule has 3 heteroatoms. The Morgan fingerprint density at radius 1 is 1.22 bits per heavy atom. The largest absolute Gasteiger partial charge is 0.496 e. The van der Waals surface area contributed by atoms with Crippen molar-refractivity contribution in [1.29, 1.82) is 0 Å². The second-order valence-corrected chi connectivity index (χ2v) is 4.88. The van der Waals surface area contributed by atoms with E-state index in [1.165, 1.54) is 19.3 Å². The van der Waals surface area contributed by atoms with Gasteiger partial charge in [-0.05, 0) is 37.5 Å². The Balaban J connectivity index is 2.03. The fourth-order valence-electron chi connectivity index (χ4n) is 2.18. The van der Waals surface area contributed by atoms with Crippen molar-refractivity contribution < 1.29 is 4.74 Å². The first-order valence-corrected chi connectivity index (χ1v) is 6.82. The molecule has 0 spiro atoms. The second kappa shape index (κ2) is 6.55. The van der Waals surface area contributed by atoms with Crippen LogP contribution in [0.2, 0.25) is 0 Å². The van der Waals surface area contributed by atoms with Gasteiger partial charge in [0, 0.05) is 18.7 Å². The molecular weight excluding hydrogens is 242 g/mol. The predicted octanol–water partition coefficient (Wildman–Crippen LogP) is 3.52. The smallest absolute Gasteiger partial charge is 0.126 e. The van der Waals surface area contributed by atoms with Gasteiger partial charge in [-0.3, -0.25) is 0 Å². The monoisotopic (exact) mass is 261 g/mol. The van der Waals surface area contributed by atoms with Crippen molar-refractivity contribution in [1.82, 2.24) is 4.90 Å². The minimum atomic E-state index is 0.884. The van der Waals surface area contributed by atoms with E-state index in [9.17, 15) is 0 Å². The molecule has 18 heavy (non-hydrogen) atoms. The zero-order valence-corrected chi connectivity index (χ0v) is 11.6. The van der Waals surface area contributed by atoms with Crippen molar-refractivity contribution in [2.45, 2.75) is 19.3 Å². The molecule has 1 aliphatic rings. The SMILES string of the molecule is COc1ccccc1C=CC(=S)N1CCCCC1. The normalized spacial score (nSPS) is 15.9. The lowest BCUT2D eigenvalue weighted by Gasteiger charge is -2.27. The van der Waals surface area contributed by atoms with Crippen LogP contribution in [0.4, 0.5) is 0 Å². The van der Waals surface area contributed by atoms with Gasteiger partial charge >= 0.3 is 0 Å². The maximum atomic E-state index is 5.45. The van der Waals surface area contributed by atoms with E-state index in [1.807, 2.05) is 36.4 Å². The van der Waals surface area contributed by atoms with Crippen LogP contribution < -0.4 is 4.74 Å². The van der Waals surface area contributed by atoms with Crippen molar-refractivity contribution >= 4 is 23.3 Å². The molecule has 1 fully saturated rings. The lowest BCUT2D eigenvalue weighted by Crippen LogP contribution is -2.33. The zero-order valence-electron chi connectivity index (χ0n) is 10.8.